The van der Waals surface area contributed by atoms with Gasteiger partial charge in [0.2, 0.25) is 0 Å². The Balaban J connectivity index is 1.61. The van der Waals surface area contributed by atoms with Crippen molar-refractivity contribution < 1.29 is 0 Å². The van der Waals surface area contributed by atoms with Gasteiger partial charge >= 0.3 is 0 Å². The molecule has 0 bridgehead atoms. The molecule has 1 fully saturated rings. The van der Waals surface area contributed by atoms with Crippen molar-refractivity contribution in [3.63, 3.8) is 0 Å². The van der Waals surface area contributed by atoms with Gasteiger partial charge in [0.25, 0.3) is 0 Å². The Morgan fingerprint density at radius 3 is 2.29 bits per heavy atom. The molecular formula is C24H33N7. The lowest BCUT2D eigenvalue weighted by atomic mass is 10.0. The van der Waals surface area contributed by atoms with Crippen molar-refractivity contribution in [1.82, 2.24) is 30.0 Å². The molecule has 0 radical (unpaired) electrons. The van der Waals surface area contributed by atoms with Crippen LogP contribution in [0.3, 0.4) is 0 Å². The van der Waals surface area contributed by atoms with Crippen LogP contribution < -0.4 is 4.90 Å². The largest absolute Gasteiger partial charge is 0.378 e. The maximum Gasteiger partial charge on any atom is 0.173 e. The Bertz CT molecular complexity index is 928. The molecule has 31 heavy (non-hydrogen) atoms. The molecule has 1 aliphatic heterocycles. The SMILES string of the molecule is CCN1CCN([C@H](c2ccc(N(C)C)cc2)c2nnnn2CCc2ccccc2)CC1. The van der Waals surface area contributed by atoms with E-state index in [1.165, 1.54) is 16.8 Å². The highest BCUT2D eigenvalue weighted by Gasteiger charge is 2.30. The van der Waals surface area contributed by atoms with Gasteiger partial charge in [-0.25, -0.2) is 4.68 Å². The van der Waals surface area contributed by atoms with Crippen LogP contribution in [0.2, 0.25) is 0 Å². The van der Waals surface area contributed by atoms with Crippen LogP contribution >= 0.6 is 0 Å². The molecule has 1 saturated heterocycles. The smallest absolute Gasteiger partial charge is 0.173 e. The van der Waals surface area contributed by atoms with Crippen LogP contribution in [0.1, 0.15) is 29.9 Å². The van der Waals surface area contributed by atoms with Gasteiger partial charge < -0.3 is 9.80 Å². The van der Waals surface area contributed by atoms with Gasteiger partial charge in [-0.15, -0.1) is 5.10 Å². The molecule has 0 saturated carbocycles. The van der Waals surface area contributed by atoms with Gasteiger partial charge in [0.15, 0.2) is 5.82 Å². The van der Waals surface area contributed by atoms with E-state index in [4.69, 9.17) is 0 Å². The molecule has 1 aliphatic rings. The quantitative estimate of drug-likeness (QED) is 0.560. The van der Waals surface area contributed by atoms with Gasteiger partial charge in [-0.3, -0.25) is 4.90 Å². The number of likely N-dealkylation sites (N-methyl/N-ethyl adjacent to an activating group) is 1. The summed E-state index contributed by atoms with van der Waals surface area (Å²) in [6.07, 6.45) is 0.911. The summed E-state index contributed by atoms with van der Waals surface area (Å²) in [6, 6.07) is 19.4. The molecule has 7 nitrogen and oxygen atoms in total. The lowest BCUT2D eigenvalue weighted by molar-refractivity contribution is 0.108. The fourth-order valence-corrected chi connectivity index (χ4v) is 4.26. The van der Waals surface area contributed by atoms with E-state index in [9.17, 15) is 0 Å². The van der Waals surface area contributed by atoms with Gasteiger partial charge in [-0.2, -0.15) is 0 Å². The average Bonchev–Trinajstić information content (AvgIpc) is 3.27. The molecule has 3 aromatic rings. The van der Waals surface area contributed by atoms with Crippen molar-refractivity contribution in [3.05, 3.63) is 71.5 Å². The summed E-state index contributed by atoms with van der Waals surface area (Å²) in [5, 5.41) is 12.9. The van der Waals surface area contributed by atoms with Gasteiger partial charge in [0.05, 0.1) is 6.04 Å². The normalized spacial score (nSPS) is 16.4. The van der Waals surface area contributed by atoms with Crippen molar-refractivity contribution in [1.29, 1.82) is 0 Å². The van der Waals surface area contributed by atoms with Crippen LogP contribution in [0.5, 0.6) is 0 Å². The number of hydrogen-bond donors (Lipinski definition) is 0. The summed E-state index contributed by atoms with van der Waals surface area (Å²) in [5.41, 5.74) is 3.74. The first-order valence-electron chi connectivity index (χ1n) is 11.2. The maximum absolute atomic E-state index is 4.51. The van der Waals surface area contributed by atoms with E-state index in [1.807, 2.05) is 4.68 Å². The molecule has 0 N–H and O–H groups in total. The minimum absolute atomic E-state index is 0.0565. The van der Waals surface area contributed by atoms with Crippen molar-refractivity contribution in [2.45, 2.75) is 25.9 Å². The first-order chi connectivity index (χ1) is 15.2. The number of tetrazole rings is 1. The minimum atomic E-state index is 0.0565. The van der Waals surface area contributed by atoms with Gasteiger partial charge in [0, 0.05) is 52.5 Å². The predicted molar refractivity (Wildman–Crippen MR) is 124 cm³/mol. The van der Waals surface area contributed by atoms with Crippen molar-refractivity contribution in [2.24, 2.45) is 0 Å². The van der Waals surface area contributed by atoms with E-state index in [0.717, 1.165) is 51.5 Å². The van der Waals surface area contributed by atoms with Gasteiger partial charge in [0.1, 0.15) is 0 Å². The molecule has 1 atom stereocenters. The monoisotopic (exact) mass is 419 g/mol. The lowest BCUT2D eigenvalue weighted by Crippen LogP contribution is -2.48. The Morgan fingerprint density at radius 1 is 0.935 bits per heavy atom. The number of benzene rings is 2. The Hall–Kier alpha value is -2.77. The summed E-state index contributed by atoms with van der Waals surface area (Å²) in [4.78, 5) is 7.16. The van der Waals surface area contributed by atoms with Crippen LogP contribution in [0.4, 0.5) is 5.69 Å². The summed E-state index contributed by atoms with van der Waals surface area (Å²) >= 11 is 0. The van der Waals surface area contributed by atoms with Crippen LogP contribution in [0.15, 0.2) is 54.6 Å². The second kappa shape index (κ2) is 10.0. The van der Waals surface area contributed by atoms with E-state index >= 15 is 0 Å². The van der Waals surface area contributed by atoms with Gasteiger partial charge in [-0.1, -0.05) is 49.4 Å². The molecule has 2 heterocycles. The highest BCUT2D eigenvalue weighted by molar-refractivity contribution is 5.47. The number of anilines is 1. The van der Waals surface area contributed by atoms with E-state index in [0.29, 0.717) is 0 Å². The van der Waals surface area contributed by atoms with Crippen molar-refractivity contribution in [3.8, 4) is 0 Å². The van der Waals surface area contributed by atoms with Gasteiger partial charge in [-0.05, 0) is 46.7 Å². The third-order valence-corrected chi connectivity index (χ3v) is 6.20. The third kappa shape index (κ3) is 5.11. The molecular weight excluding hydrogens is 386 g/mol. The fraction of sp³-hybridized carbons (Fsp3) is 0.458. The van der Waals surface area contributed by atoms with E-state index < -0.39 is 0 Å². The minimum Gasteiger partial charge on any atom is -0.378 e. The van der Waals surface area contributed by atoms with Crippen LogP contribution in [0, 0.1) is 0 Å². The number of rotatable bonds is 8. The van der Waals surface area contributed by atoms with Crippen molar-refractivity contribution in [2.75, 3.05) is 51.7 Å². The van der Waals surface area contributed by atoms with E-state index in [-0.39, 0.29) is 6.04 Å². The Morgan fingerprint density at radius 2 is 1.65 bits per heavy atom. The molecule has 0 unspecified atom stereocenters. The number of nitrogens with zero attached hydrogens (tertiary/aromatic N) is 7. The second-order valence-electron chi connectivity index (χ2n) is 8.35. The zero-order valence-electron chi connectivity index (χ0n) is 18.9. The molecule has 0 aliphatic carbocycles. The highest BCUT2D eigenvalue weighted by atomic mass is 15.6. The zero-order chi connectivity index (χ0) is 21.6. The number of hydrogen-bond acceptors (Lipinski definition) is 6. The molecule has 164 valence electrons. The molecule has 0 spiro atoms. The number of piperazine rings is 1. The molecule has 4 rings (SSSR count). The molecule has 2 aromatic carbocycles. The first kappa shape index (κ1) is 21.5. The third-order valence-electron chi connectivity index (χ3n) is 6.20. The van der Waals surface area contributed by atoms with Crippen LogP contribution in [-0.4, -0.2) is 76.8 Å². The molecule has 0 amide bonds. The topological polar surface area (TPSA) is 53.3 Å². The summed E-state index contributed by atoms with van der Waals surface area (Å²) in [7, 11) is 4.14. The summed E-state index contributed by atoms with van der Waals surface area (Å²) in [6.45, 7) is 8.29. The maximum atomic E-state index is 4.51. The van der Waals surface area contributed by atoms with Crippen LogP contribution in [0.25, 0.3) is 0 Å². The number of aromatic nitrogens is 4. The van der Waals surface area contributed by atoms with E-state index in [1.54, 1.807) is 0 Å². The van der Waals surface area contributed by atoms with E-state index in [2.05, 4.69) is 106 Å². The summed E-state index contributed by atoms with van der Waals surface area (Å²) in [5.74, 6) is 0.929. The number of aryl methyl sites for hydroxylation is 2. The van der Waals surface area contributed by atoms with Crippen LogP contribution in [-0.2, 0) is 13.0 Å². The Labute approximate surface area is 185 Å². The predicted octanol–water partition coefficient (Wildman–Crippen LogP) is 2.71. The zero-order valence-corrected chi connectivity index (χ0v) is 18.9. The highest BCUT2D eigenvalue weighted by Crippen LogP contribution is 2.29. The lowest BCUT2D eigenvalue weighted by Gasteiger charge is -2.38. The molecule has 1 aromatic heterocycles. The molecule has 7 heteroatoms. The first-order valence-corrected chi connectivity index (χ1v) is 11.2. The average molecular weight is 420 g/mol. The standard InChI is InChI=1S/C24H33N7/c1-4-29-16-18-30(19-17-29)23(21-10-12-22(13-11-21)28(2)3)24-25-26-27-31(24)15-14-20-8-6-5-7-9-20/h5-13,23H,4,14-19H2,1-3H3/t23-/m1/s1. The second-order valence-corrected chi connectivity index (χ2v) is 8.35. The summed E-state index contributed by atoms with van der Waals surface area (Å²) < 4.78 is 1.99. The fourth-order valence-electron chi connectivity index (χ4n) is 4.26. The van der Waals surface area contributed by atoms with Crippen molar-refractivity contribution >= 4 is 5.69 Å². The Kier molecular flexibility index (Phi) is 6.94.